The van der Waals surface area contributed by atoms with Gasteiger partial charge < -0.3 is 20.5 Å². The van der Waals surface area contributed by atoms with Gasteiger partial charge in [0.25, 0.3) is 5.56 Å². The van der Waals surface area contributed by atoms with Crippen LogP contribution in [0.3, 0.4) is 0 Å². The molecule has 2 aromatic carbocycles. The van der Waals surface area contributed by atoms with Gasteiger partial charge in [0.2, 0.25) is 0 Å². The molecular formula is C24H26F3N5O. The molecular weight excluding hydrogens is 431 g/mol. The van der Waals surface area contributed by atoms with E-state index in [0.717, 1.165) is 37.0 Å². The second-order valence-electron chi connectivity index (χ2n) is 8.30. The maximum Gasteiger partial charge on any atom is 0.416 e. The molecule has 33 heavy (non-hydrogen) atoms. The average Bonchev–Trinajstić information content (AvgIpc) is 2.77. The number of rotatable bonds is 5. The molecule has 1 saturated heterocycles. The van der Waals surface area contributed by atoms with Crippen LogP contribution < -0.4 is 16.2 Å². The fourth-order valence-electron chi connectivity index (χ4n) is 4.14. The Balaban J connectivity index is 1.55. The lowest BCUT2D eigenvalue weighted by Gasteiger charge is -2.37. The van der Waals surface area contributed by atoms with Crippen molar-refractivity contribution < 1.29 is 13.2 Å². The summed E-state index contributed by atoms with van der Waals surface area (Å²) in [5.74, 6) is 0.267. The minimum absolute atomic E-state index is 0.0192. The SMILES string of the molecule is C=C(c1ccc(NCc2cc3c(=O)[nH]c(C)nc3cc2C(F)(F)F)cc1)N1CCNCC1C. The maximum absolute atomic E-state index is 13.7. The summed E-state index contributed by atoms with van der Waals surface area (Å²) in [7, 11) is 0. The number of anilines is 1. The van der Waals surface area contributed by atoms with Gasteiger partial charge in [0.1, 0.15) is 5.82 Å². The van der Waals surface area contributed by atoms with Gasteiger partial charge in [-0.2, -0.15) is 13.2 Å². The smallest absolute Gasteiger partial charge is 0.381 e. The first-order valence-corrected chi connectivity index (χ1v) is 10.7. The maximum atomic E-state index is 13.7. The summed E-state index contributed by atoms with van der Waals surface area (Å²) in [4.78, 5) is 21.1. The zero-order chi connectivity index (χ0) is 23.8. The molecule has 174 valence electrons. The first kappa shape index (κ1) is 22.8. The van der Waals surface area contributed by atoms with E-state index >= 15 is 0 Å². The van der Waals surface area contributed by atoms with Crippen LogP contribution >= 0.6 is 0 Å². The Morgan fingerprint density at radius 2 is 2.00 bits per heavy atom. The molecule has 0 bridgehead atoms. The molecule has 3 N–H and O–H groups in total. The van der Waals surface area contributed by atoms with Gasteiger partial charge in [0, 0.05) is 43.6 Å². The second-order valence-corrected chi connectivity index (χ2v) is 8.30. The predicted octanol–water partition coefficient (Wildman–Crippen LogP) is 4.13. The molecule has 0 amide bonds. The van der Waals surface area contributed by atoms with Gasteiger partial charge in [-0.1, -0.05) is 18.7 Å². The Hall–Kier alpha value is -3.33. The number of aryl methyl sites for hydroxylation is 1. The normalized spacial score (nSPS) is 16.8. The molecule has 3 aromatic rings. The number of alkyl halides is 3. The second kappa shape index (κ2) is 8.90. The van der Waals surface area contributed by atoms with Crippen LogP contribution in [0.2, 0.25) is 0 Å². The highest BCUT2D eigenvalue weighted by atomic mass is 19.4. The molecule has 0 saturated carbocycles. The van der Waals surface area contributed by atoms with E-state index in [2.05, 4.69) is 39.0 Å². The highest BCUT2D eigenvalue weighted by molar-refractivity contribution is 5.80. The molecule has 1 aromatic heterocycles. The number of hydrogen-bond donors (Lipinski definition) is 3. The van der Waals surface area contributed by atoms with Gasteiger partial charge in [-0.05, 0) is 49.2 Å². The van der Waals surface area contributed by atoms with Gasteiger partial charge in [0.15, 0.2) is 0 Å². The van der Waals surface area contributed by atoms with Crippen LogP contribution in [0.4, 0.5) is 18.9 Å². The average molecular weight is 458 g/mol. The number of nitrogens with zero attached hydrogens (tertiary/aromatic N) is 2. The largest absolute Gasteiger partial charge is 0.416 e. The van der Waals surface area contributed by atoms with Crippen molar-refractivity contribution in [2.24, 2.45) is 0 Å². The number of H-pyrrole nitrogens is 1. The van der Waals surface area contributed by atoms with Crippen LogP contribution in [0.15, 0.2) is 47.8 Å². The van der Waals surface area contributed by atoms with E-state index in [1.165, 1.54) is 13.0 Å². The van der Waals surface area contributed by atoms with Crippen molar-refractivity contribution in [3.05, 3.63) is 75.8 Å². The van der Waals surface area contributed by atoms with E-state index < -0.39 is 17.3 Å². The first-order valence-electron chi connectivity index (χ1n) is 10.7. The third kappa shape index (κ3) is 4.88. The van der Waals surface area contributed by atoms with Gasteiger partial charge in [-0.15, -0.1) is 0 Å². The third-order valence-electron chi connectivity index (χ3n) is 5.90. The lowest BCUT2D eigenvalue weighted by Crippen LogP contribution is -2.48. The highest BCUT2D eigenvalue weighted by Gasteiger charge is 2.34. The number of hydrogen-bond acceptors (Lipinski definition) is 5. The van der Waals surface area contributed by atoms with E-state index in [0.29, 0.717) is 11.7 Å². The van der Waals surface area contributed by atoms with Gasteiger partial charge in [-0.25, -0.2) is 4.98 Å². The van der Waals surface area contributed by atoms with Crippen molar-refractivity contribution in [1.82, 2.24) is 20.2 Å². The minimum Gasteiger partial charge on any atom is -0.381 e. The number of nitrogens with one attached hydrogen (secondary N) is 3. The molecule has 1 fully saturated rings. The Kier molecular flexibility index (Phi) is 6.16. The lowest BCUT2D eigenvalue weighted by molar-refractivity contribution is -0.138. The third-order valence-corrected chi connectivity index (χ3v) is 5.90. The number of piperazine rings is 1. The molecule has 0 aliphatic carbocycles. The fraction of sp³-hybridized carbons (Fsp3) is 0.333. The summed E-state index contributed by atoms with van der Waals surface area (Å²) in [5, 5.41) is 6.51. The van der Waals surface area contributed by atoms with E-state index in [4.69, 9.17) is 0 Å². The minimum atomic E-state index is -4.56. The van der Waals surface area contributed by atoms with Crippen molar-refractivity contribution in [2.45, 2.75) is 32.6 Å². The van der Waals surface area contributed by atoms with Crippen molar-refractivity contribution in [3.63, 3.8) is 0 Å². The number of halogens is 3. The van der Waals surface area contributed by atoms with E-state index in [-0.39, 0.29) is 28.8 Å². The molecule has 1 aliphatic rings. The van der Waals surface area contributed by atoms with Crippen molar-refractivity contribution >= 4 is 22.3 Å². The number of aromatic nitrogens is 2. The standard InChI is InChI=1S/C24H26F3N5O/c1-14-12-28-8-9-32(14)15(2)17-4-6-19(7-5-17)29-13-18-10-20-22(11-21(18)24(25,26)27)30-16(3)31-23(20)33/h4-7,10-11,14,28-29H,2,8-9,12-13H2,1,3H3,(H,30,31,33). The monoisotopic (exact) mass is 457 g/mol. The molecule has 0 radical (unpaired) electrons. The zero-order valence-electron chi connectivity index (χ0n) is 18.5. The topological polar surface area (TPSA) is 73.0 Å². The van der Waals surface area contributed by atoms with Gasteiger partial charge in [0.05, 0.1) is 16.5 Å². The van der Waals surface area contributed by atoms with Crippen LogP contribution in [0.1, 0.15) is 29.4 Å². The Labute approximate surface area is 189 Å². The molecule has 1 atom stereocenters. The van der Waals surface area contributed by atoms with E-state index in [1.54, 1.807) is 0 Å². The number of fused-ring (bicyclic) bond motifs is 1. The van der Waals surface area contributed by atoms with Crippen LogP contribution in [0.5, 0.6) is 0 Å². The Morgan fingerprint density at radius 1 is 1.27 bits per heavy atom. The van der Waals surface area contributed by atoms with Crippen LogP contribution in [0, 0.1) is 6.92 Å². The Morgan fingerprint density at radius 3 is 2.67 bits per heavy atom. The van der Waals surface area contributed by atoms with E-state index in [9.17, 15) is 18.0 Å². The fourth-order valence-corrected chi connectivity index (χ4v) is 4.14. The van der Waals surface area contributed by atoms with Crippen LogP contribution in [0.25, 0.3) is 16.6 Å². The van der Waals surface area contributed by atoms with Crippen LogP contribution in [-0.2, 0) is 12.7 Å². The molecule has 4 rings (SSSR count). The summed E-state index contributed by atoms with van der Waals surface area (Å²) in [6.07, 6.45) is -4.56. The molecule has 6 nitrogen and oxygen atoms in total. The highest BCUT2D eigenvalue weighted by Crippen LogP contribution is 2.34. The Bertz CT molecular complexity index is 1230. The number of benzene rings is 2. The van der Waals surface area contributed by atoms with Gasteiger partial charge >= 0.3 is 6.18 Å². The summed E-state index contributed by atoms with van der Waals surface area (Å²) < 4.78 is 41.1. The summed E-state index contributed by atoms with van der Waals surface area (Å²) >= 11 is 0. The van der Waals surface area contributed by atoms with Crippen molar-refractivity contribution in [2.75, 3.05) is 25.0 Å². The predicted molar refractivity (Wildman–Crippen MR) is 124 cm³/mol. The van der Waals surface area contributed by atoms with E-state index in [1.807, 2.05) is 24.3 Å². The first-order chi connectivity index (χ1) is 15.6. The molecule has 1 unspecified atom stereocenters. The van der Waals surface area contributed by atoms with Crippen molar-refractivity contribution in [1.29, 1.82) is 0 Å². The lowest BCUT2D eigenvalue weighted by atomic mass is 10.0. The summed E-state index contributed by atoms with van der Waals surface area (Å²) in [6, 6.07) is 9.98. The number of aromatic amines is 1. The molecule has 1 aliphatic heterocycles. The van der Waals surface area contributed by atoms with Crippen molar-refractivity contribution in [3.8, 4) is 0 Å². The van der Waals surface area contributed by atoms with Gasteiger partial charge in [-0.3, -0.25) is 4.79 Å². The quantitative estimate of drug-likeness (QED) is 0.538. The molecule has 2 heterocycles. The molecule has 9 heteroatoms. The molecule has 0 spiro atoms. The van der Waals surface area contributed by atoms with Crippen LogP contribution in [-0.4, -0.2) is 40.5 Å². The summed E-state index contributed by atoms with van der Waals surface area (Å²) in [5.41, 5.74) is 1.29. The summed E-state index contributed by atoms with van der Waals surface area (Å²) in [6.45, 7) is 10.5. The zero-order valence-corrected chi connectivity index (χ0v) is 18.5.